The first-order valence-corrected chi connectivity index (χ1v) is 7.46. The average molecular weight is 340 g/mol. The van der Waals surface area contributed by atoms with Gasteiger partial charge in [-0.2, -0.15) is 0 Å². The van der Waals surface area contributed by atoms with Crippen LogP contribution in [0.3, 0.4) is 0 Å². The minimum atomic E-state index is -0.736. The van der Waals surface area contributed by atoms with Gasteiger partial charge in [-0.05, 0) is 42.5 Å². The number of carbonyl (C=O) groups is 1. The molecular weight excluding hydrogens is 324 g/mol. The van der Waals surface area contributed by atoms with Crippen LogP contribution in [0.5, 0.6) is 17.2 Å². The summed E-state index contributed by atoms with van der Waals surface area (Å²) in [5.41, 5.74) is -0.184. The molecular formula is C19H16O6. The van der Waals surface area contributed by atoms with Crippen LogP contribution in [0.1, 0.15) is 15.9 Å². The molecule has 1 heterocycles. The fourth-order valence-corrected chi connectivity index (χ4v) is 2.55. The number of benzene rings is 2. The van der Waals surface area contributed by atoms with Gasteiger partial charge < -0.3 is 18.6 Å². The monoisotopic (exact) mass is 340 g/mol. The van der Waals surface area contributed by atoms with Crippen LogP contribution >= 0.6 is 0 Å². The van der Waals surface area contributed by atoms with E-state index in [2.05, 4.69) is 0 Å². The molecule has 0 unspecified atom stereocenters. The Morgan fingerprint density at radius 2 is 1.64 bits per heavy atom. The molecule has 0 radical (unpaired) electrons. The Morgan fingerprint density at radius 3 is 2.24 bits per heavy atom. The molecule has 0 saturated heterocycles. The number of ketones is 1. The summed E-state index contributed by atoms with van der Waals surface area (Å²) in [5.74, 6) is 0.944. The molecule has 0 saturated carbocycles. The Bertz CT molecular complexity index is 985. The van der Waals surface area contributed by atoms with Crippen molar-refractivity contribution in [3.63, 3.8) is 0 Å². The number of fused-ring (bicyclic) bond motifs is 1. The molecule has 2 aromatic carbocycles. The van der Waals surface area contributed by atoms with E-state index in [-0.39, 0.29) is 11.1 Å². The summed E-state index contributed by atoms with van der Waals surface area (Å²) in [6.07, 6.45) is 0. The maximum absolute atomic E-state index is 12.6. The van der Waals surface area contributed by atoms with Gasteiger partial charge in [-0.3, -0.25) is 4.79 Å². The van der Waals surface area contributed by atoms with E-state index in [9.17, 15) is 9.59 Å². The minimum absolute atomic E-state index is 0.0510. The normalized spacial score (nSPS) is 10.5. The quantitative estimate of drug-likeness (QED) is 0.525. The SMILES string of the molecule is COc1ccc(C(=O)c2cc3ccc(OC)c(OC)c3oc2=O)cc1. The van der Waals surface area contributed by atoms with Crippen LogP contribution in [0.25, 0.3) is 11.0 Å². The van der Waals surface area contributed by atoms with Crippen LogP contribution in [0.4, 0.5) is 0 Å². The van der Waals surface area contributed by atoms with Gasteiger partial charge in [0.25, 0.3) is 0 Å². The van der Waals surface area contributed by atoms with E-state index in [1.165, 1.54) is 27.4 Å². The summed E-state index contributed by atoms with van der Waals surface area (Å²) in [4.78, 5) is 25.0. The van der Waals surface area contributed by atoms with Crippen molar-refractivity contribution in [3.8, 4) is 17.2 Å². The highest BCUT2D eigenvalue weighted by Crippen LogP contribution is 2.34. The number of carbonyl (C=O) groups excluding carboxylic acids is 1. The largest absolute Gasteiger partial charge is 0.497 e. The van der Waals surface area contributed by atoms with Crippen molar-refractivity contribution in [2.45, 2.75) is 0 Å². The van der Waals surface area contributed by atoms with Gasteiger partial charge >= 0.3 is 5.63 Å². The number of rotatable bonds is 5. The highest BCUT2D eigenvalue weighted by atomic mass is 16.5. The molecule has 0 bridgehead atoms. The number of hydrogen-bond acceptors (Lipinski definition) is 6. The van der Waals surface area contributed by atoms with E-state index >= 15 is 0 Å². The topological polar surface area (TPSA) is 75.0 Å². The second kappa shape index (κ2) is 6.68. The third-order valence-corrected chi connectivity index (χ3v) is 3.84. The van der Waals surface area contributed by atoms with Crippen molar-refractivity contribution < 1.29 is 23.4 Å². The van der Waals surface area contributed by atoms with E-state index in [0.717, 1.165) is 0 Å². The minimum Gasteiger partial charge on any atom is -0.497 e. The summed E-state index contributed by atoms with van der Waals surface area (Å²) >= 11 is 0. The Morgan fingerprint density at radius 1 is 0.920 bits per heavy atom. The molecule has 6 heteroatoms. The summed E-state index contributed by atoms with van der Waals surface area (Å²) in [6, 6.07) is 11.4. The maximum atomic E-state index is 12.6. The second-order valence-corrected chi connectivity index (χ2v) is 5.22. The standard InChI is InChI=1S/C19H16O6/c1-22-13-7-4-11(5-8-13)16(20)14-10-12-6-9-15(23-2)18(24-3)17(12)25-19(14)21/h4-10H,1-3H3. The van der Waals surface area contributed by atoms with Gasteiger partial charge in [0.1, 0.15) is 11.3 Å². The first kappa shape index (κ1) is 16.6. The van der Waals surface area contributed by atoms with Crippen molar-refractivity contribution in [1.82, 2.24) is 0 Å². The van der Waals surface area contributed by atoms with Crippen LogP contribution in [0.15, 0.2) is 51.7 Å². The van der Waals surface area contributed by atoms with Crippen LogP contribution in [0.2, 0.25) is 0 Å². The van der Waals surface area contributed by atoms with Gasteiger partial charge in [0.2, 0.25) is 5.75 Å². The molecule has 0 aliphatic heterocycles. The molecule has 0 aliphatic rings. The lowest BCUT2D eigenvalue weighted by Crippen LogP contribution is -2.15. The Labute approximate surface area is 143 Å². The first-order chi connectivity index (χ1) is 12.1. The van der Waals surface area contributed by atoms with Gasteiger partial charge in [0.05, 0.1) is 21.3 Å². The van der Waals surface area contributed by atoms with Gasteiger partial charge in [0, 0.05) is 10.9 Å². The molecule has 128 valence electrons. The van der Waals surface area contributed by atoms with E-state index in [4.69, 9.17) is 18.6 Å². The van der Waals surface area contributed by atoms with E-state index in [0.29, 0.717) is 28.2 Å². The Kier molecular flexibility index (Phi) is 4.43. The fraction of sp³-hybridized carbons (Fsp3) is 0.158. The van der Waals surface area contributed by atoms with Crippen molar-refractivity contribution in [2.75, 3.05) is 21.3 Å². The molecule has 6 nitrogen and oxygen atoms in total. The maximum Gasteiger partial charge on any atom is 0.347 e. The molecule has 25 heavy (non-hydrogen) atoms. The predicted molar refractivity (Wildman–Crippen MR) is 92.0 cm³/mol. The van der Waals surface area contributed by atoms with Crippen molar-refractivity contribution in [1.29, 1.82) is 0 Å². The second-order valence-electron chi connectivity index (χ2n) is 5.22. The van der Waals surface area contributed by atoms with Crippen LogP contribution < -0.4 is 19.8 Å². The van der Waals surface area contributed by atoms with Gasteiger partial charge in [-0.15, -0.1) is 0 Å². The summed E-state index contributed by atoms with van der Waals surface area (Å²) < 4.78 is 20.9. The number of methoxy groups -OCH3 is 3. The zero-order valence-electron chi connectivity index (χ0n) is 14.0. The summed E-state index contributed by atoms with van der Waals surface area (Å²) in [5, 5.41) is 0.564. The third kappa shape index (κ3) is 2.94. The molecule has 0 atom stereocenters. The van der Waals surface area contributed by atoms with E-state index < -0.39 is 11.4 Å². The van der Waals surface area contributed by atoms with Crippen molar-refractivity contribution in [3.05, 3.63) is 64.0 Å². The lowest BCUT2D eigenvalue weighted by molar-refractivity contribution is 0.103. The lowest BCUT2D eigenvalue weighted by atomic mass is 10.0. The van der Waals surface area contributed by atoms with Crippen LogP contribution in [-0.2, 0) is 0 Å². The number of hydrogen-bond donors (Lipinski definition) is 0. The van der Waals surface area contributed by atoms with Gasteiger partial charge in [-0.1, -0.05) is 0 Å². The molecule has 0 spiro atoms. The van der Waals surface area contributed by atoms with Crippen LogP contribution in [0, 0.1) is 0 Å². The highest BCUT2D eigenvalue weighted by Gasteiger charge is 2.19. The Balaban J connectivity index is 2.12. The molecule has 1 aromatic heterocycles. The van der Waals surface area contributed by atoms with Gasteiger partial charge in [0.15, 0.2) is 17.1 Å². The van der Waals surface area contributed by atoms with E-state index in [1.807, 2.05) is 0 Å². The molecule has 0 N–H and O–H groups in total. The van der Waals surface area contributed by atoms with E-state index in [1.54, 1.807) is 36.4 Å². The fourth-order valence-electron chi connectivity index (χ4n) is 2.55. The van der Waals surface area contributed by atoms with Crippen molar-refractivity contribution in [2.24, 2.45) is 0 Å². The molecule has 0 fully saturated rings. The molecule has 0 amide bonds. The lowest BCUT2D eigenvalue weighted by Gasteiger charge is -2.10. The molecule has 3 rings (SSSR count). The zero-order valence-corrected chi connectivity index (χ0v) is 14.0. The predicted octanol–water partition coefficient (Wildman–Crippen LogP) is 3.05. The van der Waals surface area contributed by atoms with Crippen molar-refractivity contribution >= 4 is 16.8 Å². The zero-order chi connectivity index (χ0) is 18.0. The average Bonchev–Trinajstić information content (AvgIpc) is 2.66. The molecule has 0 aliphatic carbocycles. The summed E-state index contributed by atoms with van der Waals surface area (Å²) in [6.45, 7) is 0. The third-order valence-electron chi connectivity index (χ3n) is 3.84. The smallest absolute Gasteiger partial charge is 0.347 e. The highest BCUT2D eigenvalue weighted by molar-refractivity contribution is 6.10. The first-order valence-electron chi connectivity index (χ1n) is 7.46. The Hall–Kier alpha value is -3.28. The van der Waals surface area contributed by atoms with Crippen LogP contribution in [-0.4, -0.2) is 27.1 Å². The number of ether oxygens (including phenoxy) is 3. The van der Waals surface area contributed by atoms with Gasteiger partial charge in [-0.25, -0.2) is 4.79 Å². The molecule has 3 aromatic rings. The summed E-state index contributed by atoms with van der Waals surface area (Å²) in [7, 11) is 4.48.